The summed E-state index contributed by atoms with van der Waals surface area (Å²) in [6, 6.07) is 16.9. The minimum atomic E-state index is -0.200. The zero-order valence-electron chi connectivity index (χ0n) is 15.6. The lowest BCUT2D eigenvalue weighted by atomic mass is 10.0. The lowest BCUT2D eigenvalue weighted by Crippen LogP contribution is -2.40. The average molecular weight is 378 g/mol. The van der Waals surface area contributed by atoms with Crippen LogP contribution < -0.4 is 10.6 Å². The number of hydrogen-bond acceptors (Lipinski definition) is 5. The molecule has 0 saturated heterocycles. The van der Waals surface area contributed by atoms with E-state index in [4.69, 9.17) is 4.52 Å². The first-order chi connectivity index (χ1) is 13.8. The Morgan fingerprint density at radius 3 is 2.75 bits per heavy atom. The van der Waals surface area contributed by atoms with Gasteiger partial charge < -0.3 is 15.2 Å². The van der Waals surface area contributed by atoms with E-state index >= 15 is 0 Å². The summed E-state index contributed by atoms with van der Waals surface area (Å²) in [5.74, 6) is 1.36. The zero-order valence-corrected chi connectivity index (χ0v) is 15.6. The number of hydrogen-bond donors (Lipinski definition) is 2. The molecule has 0 saturated carbocycles. The molecule has 3 aromatic rings. The minimum Gasteiger partial charge on any atom is -0.359 e. The van der Waals surface area contributed by atoms with Crippen molar-refractivity contribution in [3.8, 4) is 11.1 Å². The van der Waals surface area contributed by atoms with E-state index in [-0.39, 0.29) is 5.82 Å². The van der Waals surface area contributed by atoms with Crippen molar-refractivity contribution in [1.82, 2.24) is 15.8 Å². The molecule has 5 nitrogen and oxygen atoms in total. The van der Waals surface area contributed by atoms with Crippen LogP contribution in [0.3, 0.4) is 0 Å². The second-order valence-electron chi connectivity index (χ2n) is 6.83. The summed E-state index contributed by atoms with van der Waals surface area (Å²) in [7, 11) is 0. The molecule has 2 heterocycles. The van der Waals surface area contributed by atoms with E-state index in [9.17, 15) is 4.39 Å². The number of halogens is 1. The van der Waals surface area contributed by atoms with Crippen LogP contribution in [-0.4, -0.2) is 24.2 Å². The Morgan fingerprint density at radius 1 is 1.07 bits per heavy atom. The third-order valence-electron chi connectivity index (χ3n) is 4.72. The van der Waals surface area contributed by atoms with E-state index in [2.05, 4.69) is 20.8 Å². The van der Waals surface area contributed by atoms with Gasteiger partial charge in [0.2, 0.25) is 0 Å². The number of benzene rings is 2. The van der Waals surface area contributed by atoms with Gasteiger partial charge in [0.25, 0.3) is 0 Å². The normalized spacial score (nSPS) is 13.7. The Balaban J connectivity index is 1.33. The Labute approximate surface area is 163 Å². The maximum Gasteiger partial charge on any atom is 0.191 e. The van der Waals surface area contributed by atoms with Crippen LogP contribution in [-0.2, 0) is 19.4 Å². The molecule has 1 aromatic heterocycles. The van der Waals surface area contributed by atoms with Gasteiger partial charge in [0.05, 0.1) is 12.2 Å². The van der Waals surface area contributed by atoms with Gasteiger partial charge in [-0.3, -0.25) is 4.99 Å². The smallest absolute Gasteiger partial charge is 0.191 e. The van der Waals surface area contributed by atoms with Crippen molar-refractivity contribution < 1.29 is 8.91 Å². The first-order valence-electron chi connectivity index (χ1n) is 9.58. The van der Waals surface area contributed by atoms with Gasteiger partial charge in [-0.05, 0) is 36.5 Å². The monoisotopic (exact) mass is 378 g/mol. The number of guanidine groups is 1. The summed E-state index contributed by atoms with van der Waals surface area (Å²) in [4.78, 5) is 4.36. The zero-order chi connectivity index (χ0) is 19.2. The molecule has 0 aliphatic carbocycles. The van der Waals surface area contributed by atoms with E-state index in [1.807, 2.05) is 48.5 Å². The van der Waals surface area contributed by atoms with Gasteiger partial charge >= 0.3 is 0 Å². The Hall–Kier alpha value is -3.15. The molecule has 1 aliphatic heterocycles. The van der Waals surface area contributed by atoms with Gasteiger partial charge in [0.15, 0.2) is 11.7 Å². The molecule has 2 aromatic carbocycles. The van der Waals surface area contributed by atoms with Gasteiger partial charge in [0.1, 0.15) is 5.82 Å². The van der Waals surface area contributed by atoms with Crippen LogP contribution in [0.2, 0.25) is 0 Å². The number of aromatic nitrogens is 1. The molecule has 0 amide bonds. The van der Waals surface area contributed by atoms with Gasteiger partial charge in [-0.1, -0.05) is 47.6 Å². The number of rotatable bonds is 6. The molecule has 0 spiro atoms. The molecule has 144 valence electrons. The van der Waals surface area contributed by atoms with Crippen molar-refractivity contribution in [3.05, 3.63) is 77.4 Å². The van der Waals surface area contributed by atoms with E-state index in [1.54, 1.807) is 6.07 Å². The summed E-state index contributed by atoms with van der Waals surface area (Å²) >= 11 is 0. The molecule has 0 bridgehead atoms. The molecular formula is C22H23FN4O. The van der Waals surface area contributed by atoms with Gasteiger partial charge in [-0.2, -0.15) is 0 Å². The average Bonchev–Trinajstić information content (AvgIpc) is 3.20. The molecule has 0 fully saturated rings. The van der Waals surface area contributed by atoms with Crippen molar-refractivity contribution in [2.24, 2.45) is 4.99 Å². The van der Waals surface area contributed by atoms with Crippen molar-refractivity contribution in [3.63, 3.8) is 0 Å². The third-order valence-corrected chi connectivity index (χ3v) is 4.72. The molecule has 6 heteroatoms. The summed E-state index contributed by atoms with van der Waals surface area (Å²) in [6.07, 6.45) is 2.47. The van der Waals surface area contributed by atoms with Crippen LogP contribution >= 0.6 is 0 Å². The van der Waals surface area contributed by atoms with E-state index in [0.29, 0.717) is 24.9 Å². The fraction of sp³-hybridized carbons (Fsp3) is 0.273. The van der Waals surface area contributed by atoms with Crippen molar-refractivity contribution in [2.45, 2.75) is 25.8 Å². The highest BCUT2D eigenvalue weighted by molar-refractivity contribution is 5.80. The molecule has 1 aliphatic rings. The summed E-state index contributed by atoms with van der Waals surface area (Å²) in [6.45, 7) is 2.32. The predicted octanol–water partition coefficient (Wildman–Crippen LogP) is 3.70. The van der Waals surface area contributed by atoms with Gasteiger partial charge in [0, 0.05) is 24.7 Å². The van der Waals surface area contributed by atoms with Gasteiger partial charge in [-0.15, -0.1) is 0 Å². The fourth-order valence-electron chi connectivity index (χ4n) is 3.22. The standard InChI is InChI=1S/C22H23FN4O/c23-21-13-16(8-10-20(21)17-5-2-1-3-6-17)7-9-18-14-19(28-27-18)15-26-22-24-11-4-12-25-22/h1-3,5-6,8,10,13-14H,4,7,9,11-12,15H2,(H2,24,25,26). The third kappa shape index (κ3) is 4.57. The first-order valence-corrected chi connectivity index (χ1v) is 9.58. The lowest BCUT2D eigenvalue weighted by Gasteiger charge is -2.14. The summed E-state index contributed by atoms with van der Waals surface area (Å²) in [5, 5.41) is 10.5. The highest BCUT2D eigenvalue weighted by atomic mass is 19.1. The quantitative estimate of drug-likeness (QED) is 0.687. The molecular weight excluding hydrogens is 355 g/mol. The van der Waals surface area contributed by atoms with E-state index in [1.165, 1.54) is 0 Å². The van der Waals surface area contributed by atoms with Crippen LogP contribution in [0.4, 0.5) is 4.39 Å². The van der Waals surface area contributed by atoms with Crippen LogP contribution in [0, 0.1) is 5.82 Å². The number of aliphatic imine (C=N–C) groups is 1. The summed E-state index contributed by atoms with van der Waals surface area (Å²) < 4.78 is 19.9. The van der Waals surface area contributed by atoms with Crippen molar-refractivity contribution >= 4 is 5.96 Å². The maximum atomic E-state index is 14.5. The summed E-state index contributed by atoms with van der Waals surface area (Å²) in [5.41, 5.74) is 3.32. The van der Waals surface area contributed by atoms with Crippen LogP contribution in [0.15, 0.2) is 64.1 Å². The topological polar surface area (TPSA) is 62.5 Å². The van der Waals surface area contributed by atoms with E-state index < -0.39 is 0 Å². The number of nitrogens with one attached hydrogen (secondary N) is 2. The second kappa shape index (κ2) is 8.69. The highest BCUT2D eigenvalue weighted by Gasteiger charge is 2.09. The van der Waals surface area contributed by atoms with Crippen LogP contribution in [0.5, 0.6) is 0 Å². The Bertz CT molecular complexity index is 952. The maximum absolute atomic E-state index is 14.5. The van der Waals surface area contributed by atoms with Crippen molar-refractivity contribution in [2.75, 3.05) is 13.1 Å². The second-order valence-corrected chi connectivity index (χ2v) is 6.83. The van der Waals surface area contributed by atoms with E-state index in [0.717, 1.165) is 48.1 Å². The minimum absolute atomic E-state index is 0.200. The SMILES string of the molecule is Fc1cc(CCc2cc(CNC3=NCCCN3)on2)ccc1-c1ccccc1. The van der Waals surface area contributed by atoms with Crippen molar-refractivity contribution in [1.29, 1.82) is 0 Å². The first kappa shape index (κ1) is 18.2. The molecule has 0 unspecified atom stereocenters. The molecule has 28 heavy (non-hydrogen) atoms. The number of nitrogens with zero attached hydrogens (tertiary/aromatic N) is 2. The fourth-order valence-corrected chi connectivity index (χ4v) is 3.22. The predicted molar refractivity (Wildman–Crippen MR) is 108 cm³/mol. The molecule has 0 atom stereocenters. The lowest BCUT2D eigenvalue weighted by molar-refractivity contribution is 0.374. The molecule has 4 rings (SSSR count). The number of aryl methyl sites for hydroxylation is 2. The van der Waals surface area contributed by atoms with Gasteiger partial charge in [-0.25, -0.2) is 4.39 Å². The Morgan fingerprint density at radius 2 is 1.96 bits per heavy atom. The van der Waals surface area contributed by atoms with Crippen LogP contribution in [0.1, 0.15) is 23.4 Å². The van der Waals surface area contributed by atoms with Crippen LogP contribution in [0.25, 0.3) is 11.1 Å². The highest BCUT2D eigenvalue weighted by Crippen LogP contribution is 2.23. The largest absolute Gasteiger partial charge is 0.359 e. The molecule has 2 N–H and O–H groups in total. The Kier molecular flexibility index (Phi) is 5.66. The molecule has 0 radical (unpaired) electrons.